The summed E-state index contributed by atoms with van der Waals surface area (Å²) in [5.41, 5.74) is 1.24. The predicted octanol–water partition coefficient (Wildman–Crippen LogP) is 2.96. The Kier molecular flexibility index (Phi) is 5.19. The summed E-state index contributed by atoms with van der Waals surface area (Å²) in [6, 6.07) is 8.08. The molecule has 0 aliphatic heterocycles. The van der Waals surface area contributed by atoms with Gasteiger partial charge in [0.15, 0.2) is 0 Å². The number of aliphatic hydroxyl groups excluding tert-OH is 1. The van der Waals surface area contributed by atoms with Crippen molar-refractivity contribution in [3.63, 3.8) is 0 Å². The fraction of sp³-hybridized carbons (Fsp3) is 0.538. The van der Waals surface area contributed by atoms with E-state index in [1.165, 1.54) is 18.4 Å². The molecule has 0 aliphatic carbocycles. The summed E-state index contributed by atoms with van der Waals surface area (Å²) in [5, 5.41) is 8.74. The van der Waals surface area contributed by atoms with Crippen molar-refractivity contribution >= 4 is 0 Å². The molecule has 0 fully saturated rings. The largest absolute Gasteiger partial charge is 0.491 e. The zero-order valence-corrected chi connectivity index (χ0v) is 9.57. The first-order valence-corrected chi connectivity index (χ1v) is 5.62. The van der Waals surface area contributed by atoms with Gasteiger partial charge in [-0.3, -0.25) is 0 Å². The van der Waals surface area contributed by atoms with Crippen LogP contribution in [0, 0.1) is 0 Å². The highest BCUT2D eigenvalue weighted by atomic mass is 16.5. The number of hydrogen-bond acceptors (Lipinski definition) is 2. The van der Waals surface area contributed by atoms with Crippen molar-refractivity contribution < 1.29 is 9.84 Å². The first-order chi connectivity index (χ1) is 7.29. The van der Waals surface area contributed by atoms with Gasteiger partial charge in [-0.1, -0.05) is 38.5 Å². The average Bonchev–Trinajstić information content (AvgIpc) is 2.27. The summed E-state index contributed by atoms with van der Waals surface area (Å²) in [5.74, 6) is 1.43. The highest BCUT2D eigenvalue weighted by Gasteiger charge is 2.09. The molecule has 0 spiro atoms. The molecule has 0 aromatic heterocycles. The van der Waals surface area contributed by atoms with E-state index in [2.05, 4.69) is 19.9 Å². The quantitative estimate of drug-likeness (QED) is 0.778. The van der Waals surface area contributed by atoms with Gasteiger partial charge in [-0.2, -0.15) is 0 Å². The van der Waals surface area contributed by atoms with E-state index in [9.17, 15) is 0 Å². The molecule has 1 atom stereocenters. The SMILES string of the molecule is CCC[C@@H](C)c1ccccc1OCCO. The molecule has 0 saturated heterocycles. The monoisotopic (exact) mass is 208 g/mol. The molecule has 0 radical (unpaired) electrons. The molecule has 15 heavy (non-hydrogen) atoms. The van der Waals surface area contributed by atoms with Gasteiger partial charge >= 0.3 is 0 Å². The predicted molar refractivity (Wildman–Crippen MR) is 62.3 cm³/mol. The van der Waals surface area contributed by atoms with E-state index in [0.29, 0.717) is 12.5 Å². The maximum atomic E-state index is 8.74. The first-order valence-electron chi connectivity index (χ1n) is 5.62. The van der Waals surface area contributed by atoms with Crippen LogP contribution in [0.15, 0.2) is 24.3 Å². The molecule has 0 amide bonds. The van der Waals surface area contributed by atoms with Crippen LogP contribution in [-0.2, 0) is 0 Å². The third kappa shape index (κ3) is 3.56. The molecular formula is C13H20O2. The first kappa shape index (κ1) is 12.1. The van der Waals surface area contributed by atoms with Gasteiger partial charge in [0, 0.05) is 0 Å². The molecule has 84 valence electrons. The summed E-state index contributed by atoms with van der Waals surface area (Å²) in [6.07, 6.45) is 2.34. The van der Waals surface area contributed by atoms with Gasteiger partial charge in [0.2, 0.25) is 0 Å². The Hall–Kier alpha value is -1.02. The highest BCUT2D eigenvalue weighted by molar-refractivity contribution is 5.35. The van der Waals surface area contributed by atoms with Crippen LogP contribution in [-0.4, -0.2) is 18.3 Å². The lowest BCUT2D eigenvalue weighted by atomic mass is 9.96. The Labute approximate surface area is 91.9 Å². The topological polar surface area (TPSA) is 29.5 Å². The van der Waals surface area contributed by atoms with Crippen molar-refractivity contribution in [1.29, 1.82) is 0 Å². The van der Waals surface area contributed by atoms with Crippen molar-refractivity contribution in [1.82, 2.24) is 0 Å². The zero-order chi connectivity index (χ0) is 11.1. The van der Waals surface area contributed by atoms with Crippen LogP contribution in [0.5, 0.6) is 5.75 Å². The van der Waals surface area contributed by atoms with Gasteiger partial charge in [0.05, 0.1) is 6.61 Å². The van der Waals surface area contributed by atoms with E-state index in [1.807, 2.05) is 18.2 Å². The van der Waals surface area contributed by atoms with Crippen molar-refractivity contribution in [2.45, 2.75) is 32.6 Å². The van der Waals surface area contributed by atoms with Crippen LogP contribution in [0.2, 0.25) is 0 Å². The van der Waals surface area contributed by atoms with Gasteiger partial charge in [-0.15, -0.1) is 0 Å². The lowest BCUT2D eigenvalue weighted by molar-refractivity contribution is 0.199. The van der Waals surface area contributed by atoms with Crippen molar-refractivity contribution in [3.8, 4) is 5.75 Å². The van der Waals surface area contributed by atoms with Crippen molar-refractivity contribution in [3.05, 3.63) is 29.8 Å². The minimum absolute atomic E-state index is 0.0660. The molecule has 0 saturated carbocycles. The summed E-state index contributed by atoms with van der Waals surface area (Å²) < 4.78 is 5.50. The number of para-hydroxylation sites is 1. The van der Waals surface area contributed by atoms with Crippen molar-refractivity contribution in [2.24, 2.45) is 0 Å². The Morgan fingerprint density at radius 2 is 2.07 bits per heavy atom. The number of ether oxygens (including phenoxy) is 1. The molecule has 0 aliphatic rings. The van der Waals surface area contributed by atoms with E-state index in [1.54, 1.807) is 0 Å². The summed E-state index contributed by atoms with van der Waals surface area (Å²) in [4.78, 5) is 0. The zero-order valence-electron chi connectivity index (χ0n) is 9.57. The second-order valence-corrected chi connectivity index (χ2v) is 3.80. The van der Waals surface area contributed by atoms with Crippen LogP contribution < -0.4 is 4.74 Å². The number of benzene rings is 1. The molecule has 2 heteroatoms. The summed E-state index contributed by atoms with van der Waals surface area (Å²) in [7, 11) is 0. The number of hydrogen-bond donors (Lipinski definition) is 1. The third-order valence-corrected chi connectivity index (χ3v) is 2.52. The molecule has 0 heterocycles. The van der Waals surface area contributed by atoms with Gasteiger partial charge in [0.25, 0.3) is 0 Å². The fourth-order valence-electron chi connectivity index (χ4n) is 1.76. The number of rotatable bonds is 6. The van der Waals surface area contributed by atoms with E-state index in [4.69, 9.17) is 9.84 Å². The molecule has 0 unspecified atom stereocenters. The smallest absolute Gasteiger partial charge is 0.122 e. The maximum absolute atomic E-state index is 8.74. The van der Waals surface area contributed by atoms with Crippen LogP contribution in [0.4, 0.5) is 0 Å². The van der Waals surface area contributed by atoms with Crippen molar-refractivity contribution in [2.75, 3.05) is 13.2 Å². The number of aliphatic hydroxyl groups is 1. The fourth-order valence-corrected chi connectivity index (χ4v) is 1.76. The Balaban J connectivity index is 2.75. The second kappa shape index (κ2) is 6.46. The Bertz CT molecular complexity index is 284. The average molecular weight is 208 g/mol. The molecule has 2 nitrogen and oxygen atoms in total. The lowest BCUT2D eigenvalue weighted by Crippen LogP contribution is -2.05. The Morgan fingerprint density at radius 1 is 1.33 bits per heavy atom. The van der Waals surface area contributed by atoms with E-state index >= 15 is 0 Å². The van der Waals surface area contributed by atoms with Gasteiger partial charge in [0.1, 0.15) is 12.4 Å². The molecule has 0 bridgehead atoms. The normalized spacial score (nSPS) is 12.5. The minimum atomic E-state index is 0.0660. The highest BCUT2D eigenvalue weighted by Crippen LogP contribution is 2.29. The van der Waals surface area contributed by atoms with Crippen LogP contribution in [0.1, 0.15) is 38.2 Å². The van der Waals surface area contributed by atoms with Crippen LogP contribution in [0.25, 0.3) is 0 Å². The molecule has 1 aromatic carbocycles. The second-order valence-electron chi connectivity index (χ2n) is 3.80. The lowest BCUT2D eigenvalue weighted by Gasteiger charge is -2.15. The molecular weight excluding hydrogens is 188 g/mol. The Morgan fingerprint density at radius 3 is 2.73 bits per heavy atom. The van der Waals surface area contributed by atoms with Crippen LogP contribution in [0.3, 0.4) is 0 Å². The standard InChI is InChI=1S/C13H20O2/c1-3-6-11(2)12-7-4-5-8-13(12)15-10-9-14/h4-5,7-8,11,14H,3,6,9-10H2,1-2H3/t11-/m1/s1. The van der Waals surface area contributed by atoms with E-state index in [0.717, 1.165) is 5.75 Å². The molecule has 1 rings (SSSR count). The van der Waals surface area contributed by atoms with E-state index in [-0.39, 0.29) is 6.61 Å². The summed E-state index contributed by atoms with van der Waals surface area (Å²) >= 11 is 0. The minimum Gasteiger partial charge on any atom is -0.491 e. The van der Waals surface area contributed by atoms with Crippen LogP contribution >= 0.6 is 0 Å². The third-order valence-electron chi connectivity index (χ3n) is 2.52. The van der Waals surface area contributed by atoms with E-state index < -0.39 is 0 Å². The molecule has 1 aromatic rings. The van der Waals surface area contributed by atoms with Gasteiger partial charge < -0.3 is 9.84 Å². The maximum Gasteiger partial charge on any atom is 0.122 e. The summed E-state index contributed by atoms with van der Waals surface area (Å²) in [6.45, 7) is 4.84. The molecule has 1 N–H and O–H groups in total. The van der Waals surface area contributed by atoms with Gasteiger partial charge in [-0.25, -0.2) is 0 Å². The van der Waals surface area contributed by atoms with Gasteiger partial charge in [-0.05, 0) is 24.0 Å².